The first-order chi connectivity index (χ1) is 30.3. The molecule has 6 aromatic rings. The third-order valence-electron chi connectivity index (χ3n) is 11.5. The van der Waals surface area contributed by atoms with Gasteiger partial charge in [-0.25, -0.2) is 4.79 Å². The van der Waals surface area contributed by atoms with E-state index in [9.17, 15) is 23.1 Å². The minimum Gasteiger partial charge on any atom is -0.497 e. The molecule has 2 heterocycles. The molecule has 5 aromatic carbocycles. The second-order valence-electron chi connectivity index (χ2n) is 15.4. The van der Waals surface area contributed by atoms with Crippen molar-refractivity contribution in [3.8, 4) is 11.5 Å². The Kier molecular flexibility index (Phi) is 13.3. The standard InChI is InChI=1S/C49H50N2O11S/c1-6-29-48(59-31-36-13-9-7-10-14-36)43(52)45(51-30-35(3)44(53)50-46(51)54)62-47(48,33-61-63(55,56)42-27-17-34(2)18-28-42)32-60-49(37-15-11-8-12-16-37,38-19-23-40(57-4)24-20-38)39-21-25-41(58-5)26-22-39/h6-28,30,43,45,52H,1,29,31-33H2,2-5H3,(H,50,53,54)/t43-,45+,47-,48-/m0/s1. The zero-order valence-electron chi connectivity index (χ0n) is 35.4. The van der Waals surface area contributed by atoms with Crippen LogP contribution in [0.5, 0.6) is 11.5 Å². The molecule has 1 aromatic heterocycles. The summed E-state index contributed by atoms with van der Waals surface area (Å²) in [7, 11) is -1.39. The Hall–Kier alpha value is -6.13. The van der Waals surface area contributed by atoms with Gasteiger partial charge in [0, 0.05) is 11.8 Å². The largest absolute Gasteiger partial charge is 0.497 e. The SMILES string of the molecule is C=CC[C@]1(OCc2ccccc2)[C@@H](O)[C@H](n2cc(C)c(=O)[nH]c2=O)O[C@@]1(COC(c1ccccc1)(c1ccc(OC)cc1)c1ccc(OC)cc1)COS(=O)(=O)c1ccc(C)cc1. The van der Waals surface area contributed by atoms with Crippen LogP contribution < -0.4 is 20.7 Å². The van der Waals surface area contributed by atoms with Gasteiger partial charge in [-0.05, 0) is 78.9 Å². The number of nitrogens with one attached hydrogen (secondary N) is 1. The molecule has 0 unspecified atom stereocenters. The second kappa shape index (κ2) is 18.7. The lowest BCUT2D eigenvalue weighted by molar-refractivity contribution is -0.225. The maximum atomic E-state index is 14.2. The summed E-state index contributed by atoms with van der Waals surface area (Å²) in [5.41, 5.74) is -3.38. The lowest BCUT2D eigenvalue weighted by Gasteiger charge is -2.46. The van der Waals surface area contributed by atoms with Crippen LogP contribution >= 0.6 is 0 Å². The number of hydrogen-bond donors (Lipinski definition) is 2. The zero-order chi connectivity index (χ0) is 44.8. The van der Waals surface area contributed by atoms with Crippen molar-refractivity contribution >= 4 is 10.1 Å². The van der Waals surface area contributed by atoms with Crippen molar-refractivity contribution in [1.82, 2.24) is 9.55 Å². The summed E-state index contributed by atoms with van der Waals surface area (Å²) in [5.74, 6) is 1.18. The zero-order valence-corrected chi connectivity index (χ0v) is 36.2. The van der Waals surface area contributed by atoms with E-state index in [-0.39, 0.29) is 23.5 Å². The van der Waals surface area contributed by atoms with Gasteiger partial charge in [-0.3, -0.25) is 18.5 Å². The van der Waals surface area contributed by atoms with E-state index in [1.807, 2.05) is 91.9 Å². The molecule has 1 saturated heterocycles. The van der Waals surface area contributed by atoms with Gasteiger partial charge in [-0.15, -0.1) is 6.58 Å². The van der Waals surface area contributed by atoms with Crippen LogP contribution in [0.15, 0.2) is 167 Å². The van der Waals surface area contributed by atoms with E-state index in [0.29, 0.717) is 33.8 Å². The number of rotatable bonds is 18. The Labute approximate surface area is 366 Å². The van der Waals surface area contributed by atoms with Crippen molar-refractivity contribution in [2.45, 2.75) is 60.9 Å². The molecule has 63 heavy (non-hydrogen) atoms. The molecule has 1 aliphatic rings. The molecular formula is C49H50N2O11S. The van der Waals surface area contributed by atoms with E-state index in [1.165, 1.54) is 31.3 Å². The molecule has 0 bridgehead atoms. The van der Waals surface area contributed by atoms with E-state index in [4.69, 9.17) is 27.9 Å². The highest BCUT2D eigenvalue weighted by Crippen LogP contribution is 2.52. The molecule has 0 aliphatic carbocycles. The number of H-pyrrole nitrogens is 1. The number of aromatic nitrogens is 2. The van der Waals surface area contributed by atoms with Gasteiger partial charge in [-0.2, -0.15) is 8.42 Å². The third-order valence-corrected chi connectivity index (χ3v) is 12.8. The van der Waals surface area contributed by atoms with Gasteiger partial charge in [0.15, 0.2) is 11.8 Å². The van der Waals surface area contributed by atoms with Gasteiger partial charge in [0.05, 0.1) is 32.3 Å². The van der Waals surface area contributed by atoms with Gasteiger partial charge in [0.2, 0.25) is 0 Å². The number of hydrogen-bond acceptors (Lipinski definition) is 11. The van der Waals surface area contributed by atoms with Crippen LogP contribution in [0.25, 0.3) is 0 Å². The molecule has 2 N–H and O–H groups in total. The third kappa shape index (κ3) is 8.78. The number of aliphatic hydroxyl groups excluding tert-OH is 1. The molecule has 0 spiro atoms. The van der Waals surface area contributed by atoms with Gasteiger partial charge in [0.25, 0.3) is 15.7 Å². The predicted octanol–water partition coefficient (Wildman–Crippen LogP) is 6.75. The highest BCUT2D eigenvalue weighted by Gasteiger charge is 2.68. The van der Waals surface area contributed by atoms with E-state index in [2.05, 4.69) is 11.6 Å². The van der Waals surface area contributed by atoms with Crippen LogP contribution in [-0.2, 0) is 40.7 Å². The van der Waals surface area contributed by atoms with E-state index < -0.39 is 63.7 Å². The Morgan fingerprint density at radius 3 is 1.90 bits per heavy atom. The first-order valence-electron chi connectivity index (χ1n) is 20.2. The fourth-order valence-corrected chi connectivity index (χ4v) is 9.01. The average Bonchev–Trinajstić information content (AvgIpc) is 3.54. The Balaban J connectivity index is 1.49. The summed E-state index contributed by atoms with van der Waals surface area (Å²) in [4.78, 5) is 28.5. The summed E-state index contributed by atoms with van der Waals surface area (Å²) >= 11 is 0. The van der Waals surface area contributed by atoms with Crippen molar-refractivity contribution in [2.24, 2.45) is 0 Å². The number of aliphatic hydroxyl groups is 1. The summed E-state index contributed by atoms with van der Waals surface area (Å²) in [6, 6.07) is 39.4. The predicted molar refractivity (Wildman–Crippen MR) is 236 cm³/mol. The summed E-state index contributed by atoms with van der Waals surface area (Å²) in [6.07, 6.45) is -0.679. The monoisotopic (exact) mass is 874 g/mol. The maximum absolute atomic E-state index is 14.2. The molecule has 0 amide bonds. The minimum absolute atomic E-state index is 0.103. The topological polar surface area (TPSA) is 165 Å². The van der Waals surface area contributed by atoms with Gasteiger partial charge >= 0.3 is 5.69 Å². The van der Waals surface area contributed by atoms with Gasteiger partial charge in [-0.1, -0.05) is 109 Å². The van der Waals surface area contributed by atoms with Gasteiger partial charge < -0.3 is 28.8 Å². The number of ether oxygens (including phenoxy) is 5. The van der Waals surface area contributed by atoms with Crippen LogP contribution in [0.3, 0.4) is 0 Å². The molecular weight excluding hydrogens is 825 g/mol. The maximum Gasteiger partial charge on any atom is 0.330 e. The summed E-state index contributed by atoms with van der Waals surface area (Å²) in [6.45, 7) is 5.94. The normalized spacial score (nSPS) is 20.0. The number of methoxy groups -OCH3 is 2. The van der Waals surface area contributed by atoms with E-state index >= 15 is 0 Å². The highest BCUT2D eigenvalue weighted by atomic mass is 32.2. The van der Waals surface area contributed by atoms with Crippen LogP contribution in [0.2, 0.25) is 0 Å². The van der Waals surface area contributed by atoms with Crippen LogP contribution in [-0.4, -0.2) is 67.8 Å². The highest BCUT2D eigenvalue weighted by molar-refractivity contribution is 7.86. The smallest absolute Gasteiger partial charge is 0.330 e. The molecule has 328 valence electrons. The van der Waals surface area contributed by atoms with Crippen molar-refractivity contribution < 1.29 is 41.4 Å². The quantitative estimate of drug-likeness (QED) is 0.0534. The summed E-state index contributed by atoms with van der Waals surface area (Å²) < 4.78 is 67.8. The molecule has 14 heteroatoms. The van der Waals surface area contributed by atoms with Gasteiger partial charge in [0.1, 0.15) is 35.4 Å². The number of nitrogens with zero attached hydrogens (tertiary/aromatic N) is 1. The fraction of sp³-hybridized carbons (Fsp3) is 0.265. The van der Waals surface area contributed by atoms with Crippen LogP contribution in [0.1, 0.15) is 46.0 Å². The molecule has 0 radical (unpaired) electrons. The van der Waals surface area contributed by atoms with Crippen molar-refractivity contribution in [1.29, 1.82) is 0 Å². The molecule has 0 saturated carbocycles. The van der Waals surface area contributed by atoms with E-state index in [0.717, 1.165) is 10.1 Å². The van der Waals surface area contributed by atoms with Crippen LogP contribution in [0, 0.1) is 13.8 Å². The minimum atomic E-state index is -4.52. The van der Waals surface area contributed by atoms with Crippen molar-refractivity contribution in [3.63, 3.8) is 0 Å². The first kappa shape index (κ1) is 44.9. The average molecular weight is 875 g/mol. The summed E-state index contributed by atoms with van der Waals surface area (Å²) in [5, 5.41) is 12.8. The van der Waals surface area contributed by atoms with E-state index in [1.54, 1.807) is 50.6 Å². The molecule has 7 rings (SSSR count). The lowest BCUT2D eigenvalue weighted by atomic mass is 9.77. The van der Waals surface area contributed by atoms with Crippen LogP contribution in [0.4, 0.5) is 0 Å². The molecule has 13 nitrogen and oxygen atoms in total. The van der Waals surface area contributed by atoms with Crippen molar-refractivity contribution in [2.75, 3.05) is 27.4 Å². The molecule has 1 aliphatic heterocycles. The first-order valence-corrected chi connectivity index (χ1v) is 21.6. The second-order valence-corrected chi connectivity index (χ2v) is 17.0. The molecule has 4 atom stereocenters. The Morgan fingerprint density at radius 1 is 0.794 bits per heavy atom. The fourth-order valence-electron chi connectivity index (χ4n) is 8.06. The number of aromatic amines is 1. The molecule has 1 fully saturated rings. The Morgan fingerprint density at radius 2 is 1.35 bits per heavy atom. The number of benzene rings is 5. The number of aryl methyl sites for hydroxylation is 2. The lowest BCUT2D eigenvalue weighted by Crippen LogP contribution is -2.63. The Bertz CT molecular complexity index is 2680. The van der Waals surface area contributed by atoms with Crippen molar-refractivity contribution in [3.05, 3.63) is 207 Å².